The molecule has 0 amide bonds. The lowest BCUT2D eigenvalue weighted by Gasteiger charge is -2.24. The second-order valence-corrected chi connectivity index (χ2v) is 5.87. The number of aromatic nitrogens is 3. The van der Waals surface area contributed by atoms with Gasteiger partial charge in [-0.15, -0.1) is 0 Å². The van der Waals surface area contributed by atoms with E-state index in [1.807, 2.05) is 24.3 Å². The van der Waals surface area contributed by atoms with Gasteiger partial charge in [0.2, 0.25) is 5.88 Å². The maximum atomic E-state index is 10.5. The molecule has 0 unspecified atom stereocenters. The largest absolute Gasteiger partial charge is 0.497 e. The van der Waals surface area contributed by atoms with Crippen molar-refractivity contribution < 1.29 is 9.84 Å². The molecule has 6 nitrogen and oxygen atoms in total. The molecule has 0 saturated heterocycles. The zero-order valence-corrected chi connectivity index (χ0v) is 13.2. The van der Waals surface area contributed by atoms with Crippen LogP contribution in [-0.2, 0) is 13.0 Å². The van der Waals surface area contributed by atoms with Gasteiger partial charge in [-0.2, -0.15) is 9.61 Å². The monoisotopic (exact) mass is 310 g/mol. The topological polar surface area (TPSA) is 62.9 Å². The average Bonchev–Trinajstić information content (AvgIpc) is 2.99. The number of rotatable bonds is 2. The van der Waals surface area contributed by atoms with Gasteiger partial charge in [-0.1, -0.05) is 12.1 Å². The van der Waals surface area contributed by atoms with E-state index in [0.29, 0.717) is 5.65 Å². The van der Waals surface area contributed by atoms with Gasteiger partial charge in [0.05, 0.1) is 19.0 Å². The summed E-state index contributed by atoms with van der Waals surface area (Å²) in [5, 5.41) is 14.9. The predicted octanol–water partition coefficient (Wildman–Crippen LogP) is 2.10. The maximum absolute atomic E-state index is 10.5. The lowest BCUT2D eigenvalue weighted by molar-refractivity contribution is 0.299. The van der Waals surface area contributed by atoms with Crippen molar-refractivity contribution >= 4 is 5.65 Å². The average molecular weight is 310 g/mol. The number of hydrogen-bond acceptors (Lipinski definition) is 5. The molecular formula is C17H18N4O2. The van der Waals surface area contributed by atoms with E-state index >= 15 is 0 Å². The summed E-state index contributed by atoms with van der Waals surface area (Å²) in [6.45, 7) is 1.66. The molecule has 0 atom stereocenters. The minimum atomic E-state index is 0.206. The van der Waals surface area contributed by atoms with Crippen molar-refractivity contribution in [2.24, 2.45) is 0 Å². The molecule has 0 bridgehead atoms. The summed E-state index contributed by atoms with van der Waals surface area (Å²) < 4.78 is 6.73. The minimum absolute atomic E-state index is 0.206. The number of ether oxygens (including phenoxy) is 1. The van der Waals surface area contributed by atoms with E-state index in [2.05, 4.69) is 17.0 Å². The number of nitrogens with zero attached hydrogens (tertiary/aromatic N) is 4. The standard InChI is InChI=1S/C17H18N4O2/c1-20-8-7-13-15(10-20)19-16-14(9-18-21(16)17(13)22)11-3-5-12(23-2)6-4-11/h3-6,9,22H,7-8,10H2,1-2H3. The molecule has 0 saturated carbocycles. The molecule has 0 spiro atoms. The fourth-order valence-electron chi connectivity index (χ4n) is 3.06. The van der Waals surface area contributed by atoms with Crippen LogP contribution < -0.4 is 4.74 Å². The van der Waals surface area contributed by atoms with E-state index in [1.54, 1.807) is 13.3 Å². The van der Waals surface area contributed by atoms with Crippen molar-refractivity contribution in [1.29, 1.82) is 0 Å². The highest BCUT2D eigenvalue weighted by Gasteiger charge is 2.22. The minimum Gasteiger partial charge on any atom is -0.497 e. The summed E-state index contributed by atoms with van der Waals surface area (Å²) in [6, 6.07) is 7.76. The van der Waals surface area contributed by atoms with Crippen molar-refractivity contribution in [3.63, 3.8) is 0 Å². The summed E-state index contributed by atoms with van der Waals surface area (Å²) in [4.78, 5) is 6.98. The van der Waals surface area contributed by atoms with Crippen LogP contribution in [0.3, 0.4) is 0 Å². The Morgan fingerprint density at radius 1 is 1.22 bits per heavy atom. The van der Waals surface area contributed by atoms with Gasteiger partial charge in [-0.25, -0.2) is 4.98 Å². The van der Waals surface area contributed by atoms with Gasteiger partial charge in [-0.05, 0) is 31.2 Å². The summed E-state index contributed by atoms with van der Waals surface area (Å²) in [6.07, 6.45) is 2.54. The van der Waals surface area contributed by atoms with Crippen LogP contribution in [-0.4, -0.2) is 45.3 Å². The molecule has 6 heteroatoms. The highest BCUT2D eigenvalue weighted by atomic mass is 16.5. The van der Waals surface area contributed by atoms with Crippen LogP contribution in [0.4, 0.5) is 0 Å². The van der Waals surface area contributed by atoms with Crippen molar-refractivity contribution in [1.82, 2.24) is 19.5 Å². The van der Waals surface area contributed by atoms with Crippen molar-refractivity contribution in [2.75, 3.05) is 20.7 Å². The van der Waals surface area contributed by atoms with Gasteiger partial charge < -0.3 is 14.7 Å². The third-order valence-corrected chi connectivity index (χ3v) is 4.37. The molecule has 1 aromatic carbocycles. The second-order valence-electron chi connectivity index (χ2n) is 5.87. The molecule has 4 rings (SSSR count). The van der Waals surface area contributed by atoms with Gasteiger partial charge in [-0.3, -0.25) is 0 Å². The summed E-state index contributed by atoms with van der Waals surface area (Å²) in [7, 11) is 3.71. The zero-order valence-electron chi connectivity index (χ0n) is 13.2. The Balaban J connectivity index is 1.88. The first-order valence-electron chi connectivity index (χ1n) is 7.59. The predicted molar refractivity (Wildman–Crippen MR) is 86.7 cm³/mol. The Hall–Kier alpha value is -2.60. The lowest BCUT2D eigenvalue weighted by atomic mass is 10.1. The summed E-state index contributed by atoms with van der Waals surface area (Å²) in [5.74, 6) is 1.01. The first kappa shape index (κ1) is 14.0. The number of hydrogen-bond donors (Lipinski definition) is 1. The van der Waals surface area contributed by atoms with Crippen LogP contribution in [0.5, 0.6) is 11.6 Å². The number of aromatic hydroxyl groups is 1. The van der Waals surface area contributed by atoms with Gasteiger partial charge in [0.15, 0.2) is 5.65 Å². The molecule has 118 valence electrons. The fourth-order valence-corrected chi connectivity index (χ4v) is 3.06. The number of methoxy groups -OCH3 is 1. The van der Waals surface area contributed by atoms with Crippen LogP contribution in [0.1, 0.15) is 11.3 Å². The second kappa shape index (κ2) is 5.24. The first-order chi connectivity index (χ1) is 11.2. The smallest absolute Gasteiger partial charge is 0.219 e. The van der Waals surface area contributed by atoms with Gasteiger partial charge in [0, 0.05) is 24.2 Å². The SMILES string of the molecule is COc1ccc(-c2cnn3c(O)c4c(nc23)CN(C)CC4)cc1. The van der Waals surface area contributed by atoms with Crippen molar-refractivity contribution in [2.45, 2.75) is 13.0 Å². The Bertz CT molecular complexity index is 870. The third-order valence-electron chi connectivity index (χ3n) is 4.37. The van der Waals surface area contributed by atoms with E-state index in [1.165, 1.54) is 4.52 Å². The molecule has 3 aromatic rings. The van der Waals surface area contributed by atoms with Crippen LogP contribution >= 0.6 is 0 Å². The van der Waals surface area contributed by atoms with E-state index in [9.17, 15) is 5.11 Å². The highest BCUT2D eigenvalue weighted by molar-refractivity contribution is 5.78. The normalized spacial score (nSPS) is 14.9. The van der Waals surface area contributed by atoms with Gasteiger partial charge in [0.25, 0.3) is 0 Å². The molecule has 1 aliphatic heterocycles. The maximum Gasteiger partial charge on any atom is 0.219 e. The van der Waals surface area contributed by atoms with Crippen molar-refractivity contribution in [3.8, 4) is 22.8 Å². The summed E-state index contributed by atoms with van der Waals surface area (Å²) >= 11 is 0. The highest BCUT2D eigenvalue weighted by Crippen LogP contribution is 2.31. The van der Waals surface area contributed by atoms with Gasteiger partial charge >= 0.3 is 0 Å². The molecule has 3 heterocycles. The van der Waals surface area contributed by atoms with Gasteiger partial charge in [0.1, 0.15) is 5.75 Å². The molecule has 2 aromatic heterocycles. The van der Waals surface area contributed by atoms with Crippen LogP contribution in [0.25, 0.3) is 16.8 Å². The molecule has 0 radical (unpaired) electrons. The Kier molecular flexibility index (Phi) is 3.20. The van der Waals surface area contributed by atoms with E-state index in [4.69, 9.17) is 9.72 Å². The van der Waals surface area contributed by atoms with Crippen LogP contribution in [0.2, 0.25) is 0 Å². The molecule has 0 aliphatic carbocycles. The van der Waals surface area contributed by atoms with Crippen molar-refractivity contribution in [3.05, 3.63) is 41.7 Å². The molecule has 1 N–H and O–H groups in total. The quantitative estimate of drug-likeness (QED) is 0.785. The lowest BCUT2D eigenvalue weighted by Crippen LogP contribution is -2.28. The number of benzene rings is 1. The van der Waals surface area contributed by atoms with Crippen LogP contribution in [0.15, 0.2) is 30.5 Å². The third kappa shape index (κ3) is 2.22. The Morgan fingerprint density at radius 3 is 2.74 bits per heavy atom. The number of fused-ring (bicyclic) bond motifs is 2. The molecule has 1 aliphatic rings. The fraction of sp³-hybridized carbons (Fsp3) is 0.294. The molecule has 23 heavy (non-hydrogen) atoms. The van der Waals surface area contributed by atoms with E-state index in [0.717, 1.165) is 47.6 Å². The summed E-state index contributed by atoms with van der Waals surface area (Å²) in [5.41, 5.74) is 4.41. The van der Waals surface area contributed by atoms with E-state index < -0.39 is 0 Å². The molecular weight excluding hydrogens is 292 g/mol. The van der Waals surface area contributed by atoms with Crippen LogP contribution in [0, 0.1) is 0 Å². The first-order valence-corrected chi connectivity index (χ1v) is 7.59. The zero-order chi connectivity index (χ0) is 16.0. The van der Waals surface area contributed by atoms with E-state index in [-0.39, 0.29) is 5.88 Å². The molecule has 0 fully saturated rings. The Morgan fingerprint density at radius 2 is 2.00 bits per heavy atom. The number of likely N-dealkylation sites (N-methyl/N-ethyl adjacent to an activating group) is 1. The Labute approximate surface area is 134 Å².